The third kappa shape index (κ3) is 3.32. The van der Waals surface area contributed by atoms with Crippen LogP contribution in [0.2, 0.25) is 0 Å². The highest BCUT2D eigenvalue weighted by Gasteiger charge is 2.23. The van der Waals surface area contributed by atoms with E-state index in [9.17, 15) is 4.79 Å². The average Bonchev–Trinajstić information content (AvgIpc) is 3.15. The maximum Gasteiger partial charge on any atom is 0.283 e. The molecule has 7 heteroatoms. The second-order valence-electron chi connectivity index (χ2n) is 4.86. The van der Waals surface area contributed by atoms with Crippen molar-refractivity contribution < 1.29 is 0 Å². The number of hydrogen-bond acceptors (Lipinski definition) is 4. The molecule has 0 saturated heterocycles. The van der Waals surface area contributed by atoms with Crippen LogP contribution in [0.5, 0.6) is 0 Å². The Morgan fingerprint density at radius 2 is 2.20 bits per heavy atom. The summed E-state index contributed by atoms with van der Waals surface area (Å²) < 4.78 is 3.21. The van der Waals surface area contributed by atoms with Gasteiger partial charge in [0.05, 0.1) is 15.7 Å². The molecule has 1 aliphatic rings. The van der Waals surface area contributed by atoms with Gasteiger partial charge in [-0.25, -0.2) is 4.68 Å². The summed E-state index contributed by atoms with van der Waals surface area (Å²) in [5, 5.41) is 7.49. The largest absolute Gasteiger partial charge is 0.378 e. The molecule has 1 saturated carbocycles. The molecule has 0 amide bonds. The minimum atomic E-state index is -0.0609. The van der Waals surface area contributed by atoms with Crippen LogP contribution in [0.25, 0.3) is 0 Å². The highest BCUT2D eigenvalue weighted by atomic mass is 79.9. The monoisotopic (exact) mass is 417 g/mol. The Morgan fingerprint density at radius 3 is 2.85 bits per heavy atom. The van der Waals surface area contributed by atoms with E-state index in [1.807, 2.05) is 6.07 Å². The van der Waals surface area contributed by atoms with Crippen molar-refractivity contribution in [3.05, 3.63) is 41.8 Å². The zero-order valence-electron chi connectivity index (χ0n) is 10.6. The first-order valence-corrected chi connectivity index (χ1v) is 8.77. The number of rotatable bonds is 5. The number of nitrogens with zero attached hydrogens (tertiary/aromatic N) is 2. The summed E-state index contributed by atoms with van der Waals surface area (Å²) in [4.78, 5) is 13.4. The van der Waals surface area contributed by atoms with E-state index in [1.165, 1.54) is 17.7 Å². The highest BCUT2D eigenvalue weighted by Crippen LogP contribution is 2.30. The fourth-order valence-electron chi connectivity index (χ4n) is 1.89. The fourth-order valence-corrected chi connectivity index (χ4v) is 3.76. The Labute approximate surface area is 137 Å². The summed E-state index contributed by atoms with van der Waals surface area (Å²) in [6.45, 7) is 1.41. The molecule has 1 fully saturated rings. The number of nitrogens with one attached hydrogen (secondary N) is 1. The molecule has 1 aliphatic carbocycles. The minimum absolute atomic E-state index is 0.0609. The zero-order valence-corrected chi connectivity index (χ0v) is 14.6. The van der Waals surface area contributed by atoms with Crippen LogP contribution in [0, 0.1) is 5.92 Å². The Bertz CT molecular complexity index is 678. The molecule has 0 atom stereocenters. The highest BCUT2D eigenvalue weighted by molar-refractivity contribution is 9.11. The van der Waals surface area contributed by atoms with Gasteiger partial charge < -0.3 is 5.32 Å². The lowest BCUT2D eigenvalue weighted by Gasteiger charge is -2.09. The average molecular weight is 419 g/mol. The van der Waals surface area contributed by atoms with E-state index in [-0.39, 0.29) is 5.56 Å². The molecule has 2 heterocycles. The van der Waals surface area contributed by atoms with Crippen LogP contribution in [-0.2, 0) is 13.1 Å². The van der Waals surface area contributed by atoms with E-state index >= 15 is 0 Å². The predicted octanol–water partition coefficient (Wildman–Crippen LogP) is 3.85. The van der Waals surface area contributed by atoms with Gasteiger partial charge in [0.2, 0.25) is 0 Å². The lowest BCUT2D eigenvalue weighted by atomic mass is 10.4. The summed E-state index contributed by atoms with van der Waals surface area (Å²) in [6, 6.07) is 4.07. The molecule has 106 valence electrons. The molecule has 0 unspecified atom stereocenters. The van der Waals surface area contributed by atoms with Crippen molar-refractivity contribution in [2.45, 2.75) is 25.9 Å². The van der Waals surface area contributed by atoms with Gasteiger partial charge in [0, 0.05) is 18.0 Å². The maximum atomic E-state index is 12.2. The summed E-state index contributed by atoms with van der Waals surface area (Å²) in [6.07, 6.45) is 4.13. The Balaban J connectivity index is 1.73. The summed E-state index contributed by atoms with van der Waals surface area (Å²) in [5.74, 6) is 0.634. The third-order valence-electron chi connectivity index (χ3n) is 3.19. The number of anilines is 1. The molecule has 2 aromatic rings. The van der Waals surface area contributed by atoms with Crippen molar-refractivity contribution in [1.29, 1.82) is 0 Å². The van der Waals surface area contributed by atoms with E-state index < -0.39 is 0 Å². The summed E-state index contributed by atoms with van der Waals surface area (Å²) >= 11 is 8.49. The molecule has 0 bridgehead atoms. The standard InChI is InChI=1S/C13H13Br2N3OS/c14-11-4-3-9(20-11)5-16-10-6-17-18(7-8-1-2-8)13(19)12(10)15/h3-4,6,8,16H,1-2,5,7H2. The molecule has 0 aliphatic heterocycles. The molecule has 4 nitrogen and oxygen atoms in total. The van der Waals surface area contributed by atoms with Crippen molar-refractivity contribution >= 4 is 48.9 Å². The zero-order chi connectivity index (χ0) is 14.1. The lowest BCUT2D eigenvalue weighted by Crippen LogP contribution is -2.25. The minimum Gasteiger partial charge on any atom is -0.378 e. The second-order valence-corrected chi connectivity index (χ2v) is 8.20. The Kier molecular flexibility index (Phi) is 4.28. The molecular weight excluding hydrogens is 406 g/mol. The van der Waals surface area contributed by atoms with Gasteiger partial charge in [-0.1, -0.05) is 0 Å². The predicted molar refractivity (Wildman–Crippen MR) is 88.3 cm³/mol. The topological polar surface area (TPSA) is 46.9 Å². The number of thiophene rings is 1. The molecule has 0 radical (unpaired) electrons. The maximum absolute atomic E-state index is 12.2. The van der Waals surface area contributed by atoms with Gasteiger partial charge in [-0.15, -0.1) is 11.3 Å². The Hall–Kier alpha value is -0.660. The van der Waals surface area contributed by atoms with E-state index in [0.717, 1.165) is 16.0 Å². The van der Waals surface area contributed by atoms with Crippen LogP contribution in [0.1, 0.15) is 17.7 Å². The quantitative estimate of drug-likeness (QED) is 0.801. The number of halogens is 2. The molecular formula is C13H13Br2N3OS. The van der Waals surface area contributed by atoms with Crippen LogP contribution in [0.4, 0.5) is 5.69 Å². The van der Waals surface area contributed by atoms with Crippen molar-refractivity contribution in [2.75, 3.05) is 5.32 Å². The van der Waals surface area contributed by atoms with Gasteiger partial charge in [0.15, 0.2) is 0 Å². The summed E-state index contributed by atoms with van der Waals surface area (Å²) in [7, 11) is 0. The van der Waals surface area contributed by atoms with Gasteiger partial charge in [-0.2, -0.15) is 5.10 Å². The molecule has 0 aromatic carbocycles. The summed E-state index contributed by atoms with van der Waals surface area (Å²) in [5.41, 5.74) is 0.681. The molecule has 1 N–H and O–H groups in total. The SMILES string of the molecule is O=c1c(Br)c(NCc2ccc(Br)s2)cnn1CC1CC1. The van der Waals surface area contributed by atoms with E-state index in [4.69, 9.17) is 0 Å². The first-order chi connectivity index (χ1) is 9.63. The van der Waals surface area contributed by atoms with Gasteiger partial charge in [0.1, 0.15) is 4.47 Å². The van der Waals surface area contributed by atoms with Crippen molar-refractivity contribution in [2.24, 2.45) is 5.92 Å². The lowest BCUT2D eigenvalue weighted by molar-refractivity contribution is 0.532. The number of hydrogen-bond donors (Lipinski definition) is 1. The van der Waals surface area contributed by atoms with Crippen LogP contribution in [0.15, 0.2) is 31.4 Å². The second kappa shape index (κ2) is 5.99. The normalized spacial score (nSPS) is 14.5. The molecule has 2 aromatic heterocycles. The molecule has 20 heavy (non-hydrogen) atoms. The fraction of sp³-hybridized carbons (Fsp3) is 0.385. The van der Waals surface area contributed by atoms with Crippen LogP contribution < -0.4 is 10.9 Å². The Morgan fingerprint density at radius 1 is 1.40 bits per heavy atom. The van der Waals surface area contributed by atoms with E-state index in [0.29, 0.717) is 16.9 Å². The van der Waals surface area contributed by atoms with Gasteiger partial charge in [-0.05, 0) is 62.8 Å². The molecule has 3 rings (SSSR count). The molecule has 0 spiro atoms. The first-order valence-electron chi connectivity index (χ1n) is 6.37. The third-order valence-corrected chi connectivity index (χ3v) is 5.58. The van der Waals surface area contributed by atoms with Crippen molar-refractivity contribution in [3.63, 3.8) is 0 Å². The van der Waals surface area contributed by atoms with Crippen LogP contribution in [-0.4, -0.2) is 9.78 Å². The number of aromatic nitrogens is 2. The smallest absolute Gasteiger partial charge is 0.283 e. The van der Waals surface area contributed by atoms with Crippen LogP contribution in [0.3, 0.4) is 0 Å². The van der Waals surface area contributed by atoms with E-state index in [2.05, 4.69) is 48.3 Å². The first kappa shape index (κ1) is 14.3. The van der Waals surface area contributed by atoms with E-state index in [1.54, 1.807) is 22.2 Å². The van der Waals surface area contributed by atoms with Gasteiger partial charge >= 0.3 is 0 Å². The van der Waals surface area contributed by atoms with Crippen molar-refractivity contribution in [1.82, 2.24) is 9.78 Å². The van der Waals surface area contributed by atoms with Gasteiger partial charge in [-0.3, -0.25) is 4.79 Å². The van der Waals surface area contributed by atoms with Gasteiger partial charge in [0.25, 0.3) is 5.56 Å². The van der Waals surface area contributed by atoms with Crippen LogP contribution >= 0.6 is 43.2 Å². The van der Waals surface area contributed by atoms with Crippen molar-refractivity contribution in [3.8, 4) is 0 Å².